The molecule has 0 N–H and O–H groups in total. The number of methoxy groups -OCH3 is 2. The molecule has 0 saturated carbocycles. The number of benzene rings is 2. The van der Waals surface area contributed by atoms with Crippen molar-refractivity contribution in [1.29, 1.82) is 0 Å². The number of aryl methyl sites for hydroxylation is 1. The number of carbonyl (C=O) groups is 1. The Morgan fingerprint density at radius 1 is 1.04 bits per heavy atom. The van der Waals surface area contributed by atoms with Gasteiger partial charge in [-0.25, -0.2) is 0 Å². The van der Waals surface area contributed by atoms with Gasteiger partial charge in [0.05, 0.1) is 14.2 Å². The van der Waals surface area contributed by atoms with Crippen molar-refractivity contribution in [3.8, 4) is 11.5 Å². The van der Waals surface area contributed by atoms with Crippen LogP contribution < -0.4 is 9.47 Å². The van der Waals surface area contributed by atoms with Crippen molar-refractivity contribution in [1.82, 2.24) is 0 Å². The molecular weight excluding hydrogens is 304 g/mol. The molecule has 0 saturated heterocycles. The van der Waals surface area contributed by atoms with Crippen LogP contribution in [-0.4, -0.2) is 20.0 Å². The third-order valence-corrected chi connectivity index (χ3v) is 3.87. The lowest BCUT2D eigenvalue weighted by atomic mass is 10.1. The molecule has 0 spiro atoms. The second-order valence-electron chi connectivity index (χ2n) is 5.40. The largest absolute Gasteiger partial charge is 0.497 e. The molecule has 24 heavy (non-hydrogen) atoms. The Labute approximate surface area is 140 Å². The highest BCUT2D eigenvalue weighted by atomic mass is 16.5. The summed E-state index contributed by atoms with van der Waals surface area (Å²) in [6.07, 6.45) is 3.22. The van der Waals surface area contributed by atoms with E-state index in [9.17, 15) is 4.79 Å². The van der Waals surface area contributed by atoms with E-state index in [2.05, 4.69) is 0 Å². The van der Waals surface area contributed by atoms with Gasteiger partial charge in [-0.3, -0.25) is 4.79 Å². The van der Waals surface area contributed by atoms with Crippen molar-refractivity contribution in [3.63, 3.8) is 0 Å². The molecule has 3 rings (SSSR count). The summed E-state index contributed by atoms with van der Waals surface area (Å²) in [7, 11) is 3.18. The lowest BCUT2D eigenvalue weighted by Crippen LogP contribution is -1.94. The summed E-state index contributed by atoms with van der Waals surface area (Å²) in [6.45, 7) is 1.89. The molecule has 2 aromatic carbocycles. The van der Waals surface area contributed by atoms with Gasteiger partial charge in [0.25, 0.3) is 0 Å². The molecule has 1 aromatic heterocycles. The van der Waals surface area contributed by atoms with Crippen molar-refractivity contribution >= 4 is 22.8 Å². The Morgan fingerprint density at radius 3 is 2.33 bits per heavy atom. The van der Waals surface area contributed by atoms with E-state index in [4.69, 9.17) is 13.9 Å². The van der Waals surface area contributed by atoms with Gasteiger partial charge in [-0.1, -0.05) is 24.3 Å². The fourth-order valence-electron chi connectivity index (χ4n) is 2.58. The quantitative estimate of drug-likeness (QED) is 0.506. The average molecular weight is 322 g/mol. The van der Waals surface area contributed by atoms with Crippen LogP contribution in [0.15, 0.2) is 53.0 Å². The summed E-state index contributed by atoms with van der Waals surface area (Å²) in [5.74, 6) is 1.52. The van der Waals surface area contributed by atoms with Gasteiger partial charge < -0.3 is 13.9 Å². The number of ether oxygens (including phenoxy) is 2. The number of hydrogen-bond acceptors (Lipinski definition) is 4. The second kappa shape index (κ2) is 6.62. The Kier molecular flexibility index (Phi) is 4.38. The monoisotopic (exact) mass is 322 g/mol. The van der Waals surface area contributed by atoms with Gasteiger partial charge in [-0.15, -0.1) is 0 Å². The van der Waals surface area contributed by atoms with Gasteiger partial charge in [-0.05, 0) is 36.8 Å². The molecule has 3 aromatic rings. The van der Waals surface area contributed by atoms with E-state index in [1.807, 2.05) is 43.3 Å². The SMILES string of the molecule is COc1cc(/C=C/C(=O)c2oc3ccccc3c2C)cc(OC)c1. The fraction of sp³-hybridized carbons (Fsp3) is 0.150. The van der Waals surface area contributed by atoms with Crippen molar-refractivity contribution in [2.75, 3.05) is 14.2 Å². The predicted octanol–water partition coefficient (Wildman–Crippen LogP) is 4.65. The number of ketones is 1. The molecule has 122 valence electrons. The molecule has 0 aliphatic carbocycles. The first-order chi connectivity index (χ1) is 11.6. The molecule has 0 unspecified atom stereocenters. The number of carbonyl (C=O) groups excluding carboxylic acids is 1. The number of para-hydroxylation sites is 1. The van der Waals surface area contributed by atoms with Crippen molar-refractivity contribution in [2.24, 2.45) is 0 Å². The Hall–Kier alpha value is -3.01. The van der Waals surface area contributed by atoms with Gasteiger partial charge in [0, 0.05) is 17.0 Å². The Balaban J connectivity index is 1.91. The minimum atomic E-state index is -0.175. The zero-order valence-corrected chi connectivity index (χ0v) is 13.8. The number of allylic oxidation sites excluding steroid dienone is 1. The number of furan rings is 1. The van der Waals surface area contributed by atoms with Crippen LogP contribution in [0.3, 0.4) is 0 Å². The van der Waals surface area contributed by atoms with Crippen LogP contribution in [0.1, 0.15) is 21.7 Å². The number of fused-ring (bicyclic) bond motifs is 1. The Morgan fingerprint density at radius 2 is 1.71 bits per heavy atom. The number of rotatable bonds is 5. The molecular formula is C20H18O4. The van der Waals surface area contributed by atoms with Gasteiger partial charge in [0.1, 0.15) is 17.1 Å². The van der Waals surface area contributed by atoms with Crippen molar-refractivity contribution in [3.05, 3.63) is 65.4 Å². The topological polar surface area (TPSA) is 48.7 Å². The van der Waals surface area contributed by atoms with E-state index >= 15 is 0 Å². The van der Waals surface area contributed by atoms with Crippen LogP contribution in [0.4, 0.5) is 0 Å². The summed E-state index contributed by atoms with van der Waals surface area (Å²) in [5.41, 5.74) is 2.38. The predicted molar refractivity (Wildman–Crippen MR) is 93.9 cm³/mol. The highest BCUT2D eigenvalue weighted by Gasteiger charge is 2.15. The molecule has 0 aliphatic heterocycles. The number of hydrogen-bond donors (Lipinski definition) is 0. The molecule has 0 atom stereocenters. The first kappa shape index (κ1) is 15.9. The lowest BCUT2D eigenvalue weighted by Gasteiger charge is -2.05. The van der Waals surface area contributed by atoms with Crippen LogP contribution in [0.25, 0.3) is 17.0 Å². The fourth-order valence-corrected chi connectivity index (χ4v) is 2.58. The van der Waals surface area contributed by atoms with Crippen LogP contribution >= 0.6 is 0 Å². The first-order valence-corrected chi connectivity index (χ1v) is 7.56. The molecule has 1 heterocycles. The van der Waals surface area contributed by atoms with E-state index in [0.29, 0.717) is 17.3 Å². The van der Waals surface area contributed by atoms with E-state index in [-0.39, 0.29) is 5.78 Å². The summed E-state index contributed by atoms with van der Waals surface area (Å²) in [5, 5.41) is 0.956. The van der Waals surface area contributed by atoms with E-state index in [1.54, 1.807) is 26.4 Å². The molecule has 0 aliphatic rings. The van der Waals surface area contributed by atoms with Gasteiger partial charge in [0.15, 0.2) is 5.76 Å². The normalized spacial score (nSPS) is 11.1. The highest BCUT2D eigenvalue weighted by Crippen LogP contribution is 2.26. The lowest BCUT2D eigenvalue weighted by molar-refractivity contribution is 0.102. The van der Waals surface area contributed by atoms with Gasteiger partial charge in [0.2, 0.25) is 5.78 Å². The van der Waals surface area contributed by atoms with E-state index < -0.39 is 0 Å². The van der Waals surface area contributed by atoms with Crippen molar-refractivity contribution < 1.29 is 18.7 Å². The standard InChI is InChI=1S/C20H18O4/c1-13-17-6-4-5-7-19(17)24-20(13)18(21)9-8-14-10-15(22-2)12-16(11-14)23-3/h4-12H,1-3H3/b9-8+. The van der Waals surface area contributed by atoms with E-state index in [0.717, 1.165) is 22.1 Å². The highest BCUT2D eigenvalue weighted by molar-refractivity contribution is 6.08. The molecule has 0 amide bonds. The summed E-state index contributed by atoms with van der Waals surface area (Å²) in [4.78, 5) is 12.5. The Bertz CT molecular complexity index is 896. The molecule has 4 heteroatoms. The second-order valence-corrected chi connectivity index (χ2v) is 5.40. The van der Waals surface area contributed by atoms with Crippen LogP contribution in [0.2, 0.25) is 0 Å². The van der Waals surface area contributed by atoms with Crippen LogP contribution in [0.5, 0.6) is 11.5 Å². The van der Waals surface area contributed by atoms with Gasteiger partial charge in [-0.2, -0.15) is 0 Å². The molecule has 0 fully saturated rings. The summed E-state index contributed by atoms with van der Waals surface area (Å²) >= 11 is 0. The smallest absolute Gasteiger partial charge is 0.221 e. The molecule has 0 radical (unpaired) electrons. The molecule has 4 nitrogen and oxygen atoms in total. The maximum atomic E-state index is 12.5. The summed E-state index contributed by atoms with van der Waals surface area (Å²) < 4.78 is 16.1. The third kappa shape index (κ3) is 3.04. The zero-order valence-electron chi connectivity index (χ0n) is 13.8. The van der Waals surface area contributed by atoms with E-state index in [1.165, 1.54) is 6.08 Å². The van der Waals surface area contributed by atoms with Crippen LogP contribution in [-0.2, 0) is 0 Å². The molecule has 0 bridgehead atoms. The zero-order chi connectivity index (χ0) is 17.1. The summed E-state index contributed by atoms with van der Waals surface area (Å²) in [6, 6.07) is 13.1. The minimum absolute atomic E-state index is 0.175. The van der Waals surface area contributed by atoms with Crippen LogP contribution in [0, 0.1) is 6.92 Å². The van der Waals surface area contributed by atoms with Crippen molar-refractivity contribution in [2.45, 2.75) is 6.92 Å². The third-order valence-electron chi connectivity index (χ3n) is 3.87. The maximum absolute atomic E-state index is 12.5. The van der Waals surface area contributed by atoms with Gasteiger partial charge >= 0.3 is 0 Å². The first-order valence-electron chi connectivity index (χ1n) is 7.56. The maximum Gasteiger partial charge on any atom is 0.221 e. The average Bonchev–Trinajstić information content (AvgIpc) is 2.96. The minimum Gasteiger partial charge on any atom is -0.497 e.